The number of hydrogen-bond acceptors (Lipinski definition) is 5. The number of carbonyl (C=O) groups is 3. The Balaban J connectivity index is 1.57. The lowest BCUT2D eigenvalue weighted by molar-refractivity contribution is 0.0449. The minimum Gasteiger partial charge on any atom is -0.489 e. The van der Waals surface area contributed by atoms with Crippen molar-refractivity contribution in [2.45, 2.75) is 0 Å². The summed E-state index contributed by atoms with van der Waals surface area (Å²) < 4.78 is 10.5. The maximum Gasteiger partial charge on any atom is 0.338 e. The summed E-state index contributed by atoms with van der Waals surface area (Å²) in [5, 5.41) is 2.21. The molecule has 0 aromatic heterocycles. The molecule has 1 aliphatic heterocycles. The summed E-state index contributed by atoms with van der Waals surface area (Å²) in [7, 11) is 0. The Morgan fingerprint density at radius 1 is 0.913 bits per heavy atom. The first-order valence-corrected chi connectivity index (χ1v) is 7.00. The molecule has 6 heteroatoms. The van der Waals surface area contributed by atoms with Gasteiger partial charge in [-0.15, -0.1) is 0 Å². The molecule has 0 fully saturated rings. The van der Waals surface area contributed by atoms with Crippen LogP contribution in [-0.2, 0) is 4.74 Å². The standard InChI is InChI=1S/C17H13NO5/c19-15-12-7-4-8-13(14(12)16(20)18-15)22-9-10-23-17(21)11-5-2-1-3-6-11/h1-8H,9-10H2,(H,18,19,20). The van der Waals surface area contributed by atoms with Gasteiger partial charge in [0.25, 0.3) is 11.8 Å². The van der Waals surface area contributed by atoms with Crippen LogP contribution in [0.1, 0.15) is 31.1 Å². The van der Waals surface area contributed by atoms with Crippen LogP contribution in [0.2, 0.25) is 0 Å². The molecule has 116 valence electrons. The molecule has 0 spiro atoms. The van der Waals surface area contributed by atoms with Crippen LogP contribution in [0.3, 0.4) is 0 Å². The molecule has 1 N–H and O–H groups in total. The van der Waals surface area contributed by atoms with Gasteiger partial charge in [0.05, 0.1) is 16.7 Å². The number of hydrogen-bond donors (Lipinski definition) is 1. The maximum atomic E-state index is 11.8. The zero-order valence-electron chi connectivity index (χ0n) is 12.1. The maximum absolute atomic E-state index is 11.8. The van der Waals surface area contributed by atoms with Crippen molar-refractivity contribution in [2.24, 2.45) is 0 Å². The molecule has 6 nitrogen and oxygen atoms in total. The molecule has 3 rings (SSSR count). The Labute approximate surface area is 132 Å². The Kier molecular flexibility index (Phi) is 4.05. The molecular weight excluding hydrogens is 298 g/mol. The highest BCUT2D eigenvalue weighted by atomic mass is 16.6. The molecule has 0 radical (unpaired) electrons. The largest absolute Gasteiger partial charge is 0.489 e. The summed E-state index contributed by atoms with van der Waals surface area (Å²) in [6.07, 6.45) is 0. The summed E-state index contributed by atoms with van der Waals surface area (Å²) in [6.45, 7) is 0.115. The van der Waals surface area contributed by atoms with Crippen molar-refractivity contribution in [2.75, 3.05) is 13.2 Å². The summed E-state index contributed by atoms with van der Waals surface area (Å²) in [6, 6.07) is 13.4. The average Bonchev–Trinajstić information content (AvgIpc) is 2.87. The van der Waals surface area contributed by atoms with Crippen LogP contribution in [0.25, 0.3) is 0 Å². The lowest BCUT2D eigenvalue weighted by Crippen LogP contribution is -2.20. The third-order valence-corrected chi connectivity index (χ3v) is 3.31. The van der Waals surface area contributed by atoms with E-state index in [1.165, 1.54) is 0 Å². The number of esters is 1. The van der Waals surface area contributed by atoms with Crippen molar-refractivity contribution in [1.82, 2.24) is 5.32 Å². The Bertz CT molecular complexity index is 770. The molecule has 1 aliphatic rings. The van der Waals surface area contributed by atoms with E-state index in [4.69, 9.17) is 9.47 Å². The van der Waals surface area contributed by atoms with Crippen LogP contribution in [0.15, 0.2) is 48.5 Å². The summed E-state index contributed by atoms with van der Waals surface area (Å²) in [5.41, 5.74) is 0.957. The molecule has 0 aliphatic carbocycles. The minimum absolute atomic E-state index is 0.0347. The number of rotatable bonds is 5. The molecule has 2 amide bonds. The van der Waals surface area contributed by atoms with Gasteiger partial charge in [-0.2, -0.15) is 0 Å². The highest BCUT2D eigenvalue weighted by Crippen LogP contribution is 2.26. The van der Waals surface area contributed by atoms with E-state index in [-0.39, 0.29) is 24.3 Å². The topological polar surface area (TPSA) is 81.7 Å². The lowest BCUT2D eigenvalue weighted by Gasteiger charge is -2.09. The van der Waals surface area contributed by atoms with Gasteiger partial charge in [0, 0.05) is 0 Å². The molecule has 0 saturated heterocycles. The van der Waals surface area contributed by atoms with E-state index in [9.17, 15) is 14.4 Å². The van der Waals surface area contributed by atoms with Crippen molar-refractivity contribution in [3.8, 4) is 5.75 Å². The number of amides is 2. The van der Waals surface area contributed by atoms with E-state index in [1.54, 1.807) is 42.5 Å². The molecule has 0 atom stereocenters. The van der Waals surface area contributed by atoms with Crippen LogP contribution in [0.4, 0.5) is 0 Å². The fourth-order valence-electron chi connectivity index (χ4n) is 2.25. The Hall–Kier alpha value is -3.15. The molecular formula is C17H13NO5. The quantitative estimate of drug-likeness (QED) is 0.517. The van der Waals surface area contributed by atoms with E-state index >= 15 is 0 Å². The highest BCUT2D eigenvalue weighted by molar-refractivity contribution is 6.22. The summed E-state index contributed by atoms with van der Waals surface area (Å²) in [5.74, 6) is -1.07. The summed E-state index contributed by atoms with van der Waals surface area (Å²) in [4.78, 5) is 35.0. The Morgan fingerprint density at radius 2 is 1.70 bits per heavy atom. The molecule has 23 heavy (non-hydrogen) atoms. The number of imide groups is 1. The SMILES string of the molecule is O=C(OCCOc1cccc2c1C(=O)NC2=O)c1ccccc1. The minimum atomic E-state index is -0.484. The smallest absolute Gasteiger partial charge is 0.338 e. The molecule has 0 bridgehead atoms. The fraction of sp³-hybridized carbons (Fsp3) is 0.118. The first-order valence-electron chi connectivity index (χ1n) is 7.00. The van der Waals surface area contributed by atoms with E-state index in [0.29, 0.717) is 11.3 Å². The lowest BCUT2D eigenvalue weighted by atomic mass is 10.1. The van der Waals surface area contributed by atoms with E-state index < -0.39 is 17.8 Å². The molecule has 2 aromatic carbocycles. The monoisotopic (exact) mass is 311 g/mol. The van der Waals surface area contributed by atoms with Gasteiger partial charge < -0.3 is 9.47 Å². The van der Waals surface area contributed by atoms with Crippen molar-refractivity contribution in [3.63, 3.8) is 0 Å². The number of fused-ring (bicyclic) bond motifs is 1. The third kappa shape index (κ3) is 3.06. The second-order valence-corrected chi connectivity index (χ2v) is 4.81. The molecule has 0 unspecified atom stereocenters. The van der Waals surface area contributed by atoms with Crippen LogP contribution >= 0.6 is 0 Å². The van der Waals surface area contributed by atoms with Gasteiger partial charge in [0.1, 0.15) is 19.0 Å². The van der Waals surface area contributed by atoms with Gasteiger partial charge in [0.15, 0.2) is 0 Å². The van der Waals surface area contributed by atoms with Gasteiger partial charge in [-0.05, 0) is 24.3 Å². The van der Waals surface area contributed by atoms with Gasteiger partial charge >= 0.3 is 5.97 Å². The van der Waals surface area contributed by atoms with Crippen molar-refractivity contribution < 1.29 is 23.9 Å². The normalized spacial score (nSPS) is 12.5. The average molecular weight is 311 g/mol. The van der Waals surface area contributed by atoms with Crippen LogP contribution < -0.4 is 10.1 Å². The van der Waals surface area contributed by atoms with Crippen LogP contribution in [0, 0.1) is 0 Å². The zero-order chi connectivity index (χ0) is 16.2. The number of benzene rings is 2. The van der Waals surface area contributed by atoms with Gasteiger partial charge in [-0.3, -0.25) is 14.9 Å². The molecule has 2 aromatic rings. The van der Waals surface area contributed by atoms with Crippen molar-refractivity contribution in [3.05, 3.63) is 65.2 Å². The van der Waals surface area contributed by atoms with E-state index in [2.05, 4.69) is 5.32 Å². The van der Waals surface area contributed by atoms with Gasteiger partial charge in [-0.1, -0.05) is 24.3 Å². The van der Waals surface area contributed by atoms with Gasteiger partial charge in [0.2, 0.25) is 0 Å². The highest BCUT2D eigenvalue weighted by Gasteiger charge is 2.29. The predicted octanol–water partition coefficient (Wildman–Crippen LogP) is 1.81. The van der Waals surface area contributed by atoms with E-state index in [0.717, 1.165) is 0 Å². The zero-order valence-corrected chi connectivity index (χ0v) is 12.1. The number of nitrogens with one attached hydrogen (secondary N) is 1. The fourth-order valence-corrected chi connectivity index (χ4v) is 2.25. The van der Waals surface area contributed by atoms with Crippen molar-refractivity contribution in [1.29, 1.82) is 0 Å². The van der Waals surface area contributed by atoms with Gasteiger partial charge in [-0.25, -0.2) is 4.79 Å². The molecule has 1 heterocycles. The van der Waals surface area contributed by atoms with Crippen LogP contribution in [0.5, 0.6) is 5.75 Å². The number of carbonyl (C=O) groups excluding carboxylic acids is 3. The molecule has 0 saturated carbocycles. The third-order valence-electron chi connectivity index (χ3n) is 3.31. The second-order valence-electron chi connectivity index (χ2n) is 4.81. The van der Waals surface area contributed by atoms with Crippen LogP contribution in [-0.4, -0.2) is 31.0 Å². The first-order chi connectivity index (χ1) is 11.2. The van der Waals surface area contributed by atoms with Crippen molar-refractivity contribution >= 4 is 17.8 Å². The predicted molar refractivity (Wildman–Crippen MR) is 80.5 cm³/mol. The van der Waals surface area contributed by atoms with E-state index in [1.807, 2.05) is 6.07 Å². The number of ether oxygens (including phenoxy) is 2. The first kappa shape index (κ1) is 14.8. The Morgan fingerprint density at radius 3 is 2.48 bits per heavy atom. The summed E-state index contributed by atoms with van der Waals surface area (Å²) >= 11 is 0. The second kappa shape index (κ2) is 6.31.